The van der Waals surface area contributed by atoms with Crippen LogP contribution in [0.15, 0.2) is 30.0 Å². The van der Waals surface area contributed by atoms with Crippen molar-refractivity contribution >= 4 is 11.7 Å². The zero-order chi connectivity index (χ0) is 12.8. The Morgan fingerprint density at radius 2 is 2.24 bits per heavy atom. The van der Waals surface area contributed by atoms with Crippen LogP contribution in [0.1, 0.15) is 5.56 Å². The van der Waals surface area contributed by atoms with Crippen molar-refractivity contribution in [3.63, 3.8) is 0 Å². The molecule has 0 heterocycles. The van der Waals surface area contributed by atoms with Crippen LogP contribution in [0.2, 0.25) is 0 Å². The van der Waals surface area contributed by atoms with Crippen molar-refractivity contribution in [2.24, 2.45) is 0 Å². The Bertz CT molecular complexity index is 440. The summed E-state index contributed by atoms with van der Waals surface area (Å²) in [6, 6.07) is 5.11. The molecule has 0 saturated carbocycles. The van der Waals surface area contributed by atoms with E-state index in [4.69, 9.17) is 15.6 Å². The number of nitrogens with two attached hydrogens (primary N) is 1. The van der Waals surface area contributed by atoms with Crippen LogP contribution in [0.25, 0.3) is 0 Å². The number of ether oxygens (including phenoxy) is 2. The number of anilines is 1. The molecular formula is C12H15NO4. The van der Waals surface area contributed by atoms with E-state index in [1.54, 1.807) is 18.2 Å². The highest BCUT2D eigenvalue weighted by Crippen LogP contribution is 2.23. The smallest absolute Gasteiger partial charge is 0.373 e. The van der Waals surface area contributed by atoms with Crippen molar-refractivity contribution in [1.29, 1.82) is 0 Å². The number of aryl methyl sites for hydroxylation is 1. The maximum absolute atomic E-state index is 11.3. The Morgan fingerprint density at radius 3 is 2.82 bits per heavy atom. The van der Waals surface area contributed by atoms with E-state index in [-0.39, 0.29) is 12.4 Å². The molecule has 3 N–H and O–H groups in total. The lowest BCUT2D eigenvalue weighted by Gasteiger charge is -2.10. The van der Waals surface area contributed by atoms with Crippen molar-refractivity contribution in [2.45, 2.75) is 6.92 Å². The molecule has 0 spiro atoms. The second-order valence-corrected chi connectivity index (χ2v) is 3.37. The molecule has 1 rings (SSSR count). The quantitative estimate of drug-likeness (QED) is 0.353. The minimum Gasteiger partial charge on any atom is -0.463 e. The lowest BCUT2D eigenvalue weighted by Crippen LogP contribution is -2.12. The Labute approximate surface area is 99.5 Å². The van der Waals surface area contributed by atoms with Gasteiger partial charge in [0.2, 0.25) is 5.76 Å². The molecule has 1 aromatic carbocycles. The highest BCUT2D eigenvalue weighted by atomic mass is 16.6. The maximum atomic E-state index is 11.3. The van der Waals surface area contributed by atoms with Crippen molar-refractivity contribution in [2.75, 3.05) is 19.5 Å². The summed E-state index contributed by atoms with van der Waals surface area (Å²) in [5.74, 6) is -0.264. The zero-order valence-electron chi connectivity index (χ0n) is 9.77. The molecular weight excluding hydrogens is 222 g/mol. The Balaban J connectivity index is 2.97. The van der Waals surface area contributed by atoms with Gasteiger partial charge >= 0.3 is 5.97 Å². The van der Waals surface area contributed by atoms with Crippen molar-refractivity contribution in [3.05, 3.63) is 35.6 Å². The van der Waals surface area contributed by atoms with Crippen LogP contribution in [0.4, 0.5) is 5.69 Å². The second kappa shape index (κ2) is 5.91. The van der Waals surface area contributed by atoms with E-state index in [0.717, 1.165) is 5.56 Å². The van der Waals surface area contributed by atoms with E-state index >= 15 is 0 Å². The van der Waals surface area contributed by atoms with Crippen LogP contribution in [-0.4, -0.2) is 24.8 Å². The first-order valence-corrected chi connectivity index (χ1v) is 5.01. The lowest BCUT2D eigenvalue weighted by atomic mass is 10.2. The number of aliphatic hydroxyl groups excluding tert-OH is 1. The summed E-state index contributed by atoms with van der Waals surface area (Å²) in [6.07, 6.45) is 1.23. The van der Waals surface area contributed by atoms with Crippen LogP contribution in [-0.2, 0) is 9.53 Å². The number of benzene rings is 1. The molecule has 0 aromatic heterocycles. The number of esters is 1. The molecule has 0 fully saturated rings. The fraction of sp³-hybridized carbons (Fsp3) is 0.250. The molecule has 0 aliphatic heterocycles. The van der Waals surface area contributed by atoms with Crippen LogP contribution in [0.5, 0.6) is 5.75 Å². The molecule has 0 unspecified atom stereocenters. The van der Waals surface area contributed by atoms with Crippen molar-refractivity contribution < 1.29 is 19.4 Å². The van der Waals surface area contributed by atoms with Crippen molar-refractivity contribution in [1.82, 2.24) is 0 Å². The highest BCUT2D eigenvalue weighted by Gasteiger charge is 2.13. The van der Waals surface area contributed by atoms with Crippen LogP contribution in [0, 0.1) is 6.92 Å². The fourth-order valence-electron chi connectivity index (χ4n) is 1.20. The summed E-state index contributed by atoms with van der Waals surface area (Å²) >= 11 is 0. The number of hydrogen-bond acceptors (Lipinski definition) is 5. The van der Waals surface area contributed by atoms with E-state index in [0.29, 0.717) is 11.4 Å². The standard InChI is InChI=1S/C12H15NO4/c1-8-3-4-9(13)7-11(8)17-10(5-6-14)12(15)16-2/h3-5,7,14H,6,13H2,1-2H3/b10-5-. The molecule has 0 saturated heterocycles. The predicted molar refractivity (Wildman–Crippen MR) is 63.4 cm³/mol. The third kappa shape index (κ3) is 3.49. The summed E-state index contributed by atoms with van der Waals surface area (Å²) in [5.41, 5.74) is 6.97. The van der Waals surface area contributed by atoms with Gasteiger partial charge in [-0.3, -0.25) is 0 Å². The number of hydrogen-bond donors (Lipinski definition) is 2. The van der Waals surface area contributed by atoms with Crippen LogP contribution < -0.4 is 10.5 Å². The summed E-state index contributed by atoms with van der Waals surface area (Å²) in [6.45, 7) is 1.51. The molecule has 0 aliphatic rings. The molecule has 92 valence electrons. The molecule has 0 amide bonds. The van der Waals surface area contributed by atoms with Gasteiger partial charge in [0.05, 0.1) is 13.7 Å². The van der Waals surface area contributed by atoms with Gasteiger partial charge in [0.1, 0.15) is 5.75 Å². The second-order valence-electron chi connectivity index (χ2n) is 3.37. The lowest BCUT2D eigenvalue weighted by molar-refractivity contribution is -0.138. The van der Waals surface area contributed by atoms with Gasteiger partial charge in [-0.15, -0.1) is 0 Å². The first-order chi connectivity index (χ1) is 8.08. The average Bonchev–Trinajstić information content (AvgIpc) is 2.32. The molecule has 5 nitrogen and oxygen atoms in total. The predicted octanol–water partition coefficient (Wildman–Crippen LogP) is 1.01. The first kappa shape index (κ1) is 13.1. The summed E-state index contributed by atoms with van der Waals surface area (Å²) < 4.78 is 9.90. The molecule has 0 radical (unpaired) electrons. The normalized spacial score (nSPS) is 11.1. The van der Waals surface area contributed by atoms with E-state index < -0.39 is 5.97 Å². The van der Waals surface area contributed by atoms with Gasteiger partial charge in [0, 0.05) is 11.8 Å². The number of methoxy groups -OCH3 is 1. The molecule has 0 bridgehead atoms. The Morgan fingerprint density at radius 1 is 1.53 bits per heavy atom. The molecule has 0 atom stereocenters. The third-order valence-corrected chi connectivity index (χ3v) is 2.10. The van der Waals surface area contributed by atoms with Gasteiger partial charge in [-0.1, -0.05) is 6.07 Å². The molecule has 1 aromatic rings. The molecule has 5 heteroatoms. The number of carbonyl (C=O) groups excluding carboxylic acids is 1. The van der Waals surface area contributed by atoms with Gasteiger partial charge in [0.25, 0.3) is 0 Å². The van der Waals surface area contributed by atoms with Gasteiger partial charge in [-0.05, 0) is 24.6 Å². The Kier molecular flexibility index (Phi) is 4.54. The number of rotatable bonds is 4. The van der Waals surface area contributed by atoms with Gasteiger partial charge in [-0.2, -0.15) is 0 Å². The summed E-state index contributed by atoms with van der Waals surface area (Å²) in [7, 11) is 1.24. The summed E-state index contributed by atoms with van der Waals surface area (Å²) in [5, 5.41) is 8.79. The fourth-order valence-corrected chi connectivity index (χ4v) is 1.20. The van der Waals surface area contributed by atoms with E-state index in [2.05, 4.69) is 4.74 Å². The van der Waals surface area contributed by atoms with Crippen LogP contribution in [0.3, 0.4) is 0 Å². The molecule has 17 heavy (non-hydrogen) atoms. The number of carbonyl (C=O) groups is 1. The zero-order valence-corrected chi connectivity index (χ0v) is 9.77. The maximum Gasteiger partial charge on any atom is 0.373 e. The summed E-state index contributed by atoms with van der Waals surface area (Å²) in [4.78, 5) is 11.3. The topological polar surface area (TPSA) is 81.8 Å². The third-order valence-electron chi connectivity index (χ3n) is 2.10. The number of nitrogen functional groups attached to an aromatic ring is 1. The number of aliphatic hydroxyl groups is 1. The molecule has 0 aliphatic carbocycles. The minimum absolute atomic E-state index is 0.0660. The van der Waals surface area contributed by atoms with Crippen molar-refractivity contribution in [3.8, 4) is 5.75 Å². The SMILES string of the molecule is COC(=O)/C(=C/CO)Oc1cc(N)ccc1C. The van der Waals surface area contributed by atoms with E-state index in [1.165, 1.54) is 13.2 Å². The van der Waals surface area contributed by atoms with Crippen LogP contribution >= 0.6 is 0 Å². The van der Waals surface area contributed by atoms with E-state index in [9.17, 15) is 4.79 Å². The monoisotopic (exact) mass is 237 g/mol. The largest absolute Gasteiger partial charge is 0.463 e. The van der Waals surface area contributed by atoms with Gasteiger partial charge < -0.3 is 20.3 Å². The van der Waals surface area contributed by atoms with Gasteiger partial charge in [0.15, 0.2) is 0 Å². The Hall–Kier alpha value is -2.01. The highest BCUT2D eigenvalue weighted by molar-refractivity contribution is 5.86. The minimum atomic E-state index is -0.652. The van der Waals surface area contributed by atoms with E-state index in [1.807, 2.05) is 6.92 Å². The average molecular weight is 237 g/mol. The first-order valence-electron chi connectivity index (χ1n) is 5.01. The van der Waals surface area contributed by atoms with Gasteiger partial charge in [-0.25, -0.2) is 4.79 Å².